The van der Waals surface area contributed by atoms with E-state index in [0.717, 1.165) is 0 Å². The number of aliphatic hydroxyl groups excluding tert-OH is 1. The molecule has 5 atom stereocenters. The summed E-state index contributed by atoms with van der Waals surface area (Å²) in [4.78, 5) is 12.3. The van der Waals surface area contributed by atoms with Crippen molar-refractivity contribution in [3.63, 3.8) is 0 Å². The maximum Gasteiger partial charge on any atom is 0.194 e. The second-order valence-corrected chi connectivity index (χ2v) is 5.42. The first-order valence-electron chi connectivity index (χ1n) is 6.63. The standard InChI is InChI=1S/C15H19FO5/c1-8-6-4-5-7-9(8)10(17)11(18)12-13(16)15(2,19)14(20-3)21-12/h4-7,11-14,18-19H,1-3H3/t11?,12-,13-,14+,15-/m1/s1. The van der Waals surface area contributed by atoms with E-state index in [9.17, 15) is 19.4 Å². The second kappa shape index (κ2) is 5.81. The Hall–Kier alpha value is -1.34. The molecule has 1 aliphatic heterocycles. The van der Waals surface area contributed by atoms with Crippen LogP contribution in [0.25, 0.3) is 0 Å². The number of Topliss-reactive ketones (excluding diaryl/α,β-unsaturated/α-hetero) is 1. The maximum absolute atomic E-state index is 14.3. The molecule has 0 saturated carbocycles. The van der Waals surface area contributed by atoms with Gasteiger partial charge in [0.1, 0.15) is 17.8 Å². The van der Waals surface area contributed by atoms with E-state index in [1.807, 2.05) is 0 Å². The SMILES string of the molecule is CO[C@H]1O[C@H](C(O)C(=O)c2ccccc2C)[C@@H](F)[C@@]1(C)O. The van der Waals surface area contributed by atoms with Crippen LogP contribution in [0.4, 0.5) is 4.39 Å². The molecule has 1 aromatic carbocycles. The summed E-state index contributed by atoms with van der Waals surface area (Å²) in [6.45, 7) is 2.92. The van der Waals surface area contributed by atoms with Crippen molar-refractivity contribution in [3.05, 3.63) is 35.4 Å². The molecule has 0 aliphatic carbocycles. The molecule has 116 valence electrons. The first kappa shape index (κ1) is 16.0. The van der Waals surface area contributed by atoms with Gasteiger partial charge in [0, 0.05) is 12.7 Å². The maximum atomic E-state index is 14.3. The molecule has 21 heavy (non-hydrogen) atoms. The molecule has 1 saturated heterocycles. The summed E-state index contributed by atoms with van der Waals surface area (Å²) in [5, 5.41) is 20.1. The number of aryl methyl sites for hydroxylation is 1. The van der Waals surface area contributed by atoms with Crippen LogP contribution in [0.15, 0.2) is 24.3 Å². The predicted octanol–water partition coefficient (Wildman–Crippen LogP) is 0.999. The number of alkyl halides is 1. The molecule has 1 heterocycles. The third-order valence-corrected chi connectivity index (χ3v) is 3.81. The minimum atomic E-state index is -1.94. The molecule has 5 nitrogen and oxygen atoms in total. The summed E-state index contributed by atoms with van der Waals surface area (Å²) in [7, 11) is 1.25. The number of hydrogen-bond donors (Lipinski definition) is 2. The number of carbonyl (C=O) groups excluding carboxylic acids is 1. The third-order valence-electron chi connectivity index (χ3n) is 3.81. The van der Waals surface area contributed by atoms with Crippen molar-refractivity contribution >= 4 is 5.78 Å². The molecule has 0 aromatic heterocycles. The van der Waals surface area contributed by atoms with E-state index in [-0.39, 0.29) is 0 Å². The highest BCUT2D eigenvalue weighted by Crippen LogP contribution is 2.36. The Morgan fingerprint density at radius 2 is 2.10 bits per heavy atom. The molecule has 0 radical (unpaired) electrons. The van der Waals surface area contributed by atoms with E-state index >= 15 is 0 Å². The topological polar surface area (TPSA) is 76.0 Å². The summed E-state index contributed by atoms with van der Waals surface area (Å²) in [5.41, 5.74) is -0.960. The van der Waals surface area contributed by atoms with Crippen molar-refractivity contribution in [2.75, 3.05) is 7.11 Å². The van der Waals surface area contributed by atoms with Gasteiger partial charge in [0.2, 0.25) is 0 Å². The van der Waals surface area contributed by atoms with Gasteiger partial charge in [0.25, 0.3) is 0 Å². The Bertz CT molecular complexity index is 531. The summed E-state index contributed by atoms with van der Waals surface area (Å²) >= 11 is 0. The fraction of sp³-hybridized carbons (Fsp3) is 0.533. The van der Waals surface area contributed by atoms with Gasteiger partial charge in [-0.15, -0.1) is 0 Å². The van der Waals surface area contributed by atoms with E-state index in [0.29, 0.717) is 11.1 Å². The summed E-state index contributed by atoms with van der Waals surface area (Å²) < 4.78 is 24.3. The van der Waals surface area contributed by atoms with Gasteiger partial charge in [0.15, 0.2) is 18.2 Å². The molecule has 1 aliphatic rings. The molecular formula is C15H19FO5. The van der Waals surface area contributed by atoms with Crippen molar-refractivity contribution in [2.45, 2.75) is 44.1 Å². The van der Waals surface area contributed by atoms with Gasteiger partial charge in [-0.2, -0.15) is 0 Å². The van der Waals surface area contributed by atoms with Crippen LogP contribution in [0, 0.1) is 6.92 Å². The van der Waals surface area contributed by atoms with E-state index < -0.39 is 36.1 Å². The largest absolute Gasteiger partial charge is 0.382 e. The van der Waals surface area contributed by atoms with Crippen LogP contribution in [-0.4, -0.2) is 53.4 Å². The van der Waals surface area contributed by atoms with Gasteiger partial charge < -0.3 is 19.7 Å². The Morgan fingerprint density at radius 3 is 2.62 bits per heavy atom. The van der Waals surface area contributed by atoms with Crippen LogP contribution in [0.2, 0.25) is 0 Å². The van der Waals surface area contributed by atoms with Crippen molar-refractivity contribution in [1.82, 2.24) is 0 Å². The number of methoxy groups -OCH3 is 1. The molecule has 0 amide bonds. The molecule has 0 spiro atoms. The third kappa shape index (κ3) is 2.72. The van der Waals surface area contributed by atoms with Crippen LogP contribution in [0.1, 0.15) is 22.8 Å². The van der Waals surface area contributed by atoms with Crippen LogP contribution in [0.3, 0.4) is 0 Å². The number of hydrogen-bond acceptors (Lipinski definition) is 5. The number of benzene rings is 1. The smallest absolute Gasteiger partial charge is 0.194 e. The van der Waals surface area contributed by atoms with E-state index in [1.165, 1.54) is 14.0 Å². The van der Waals surface area contributed by atoms with Crippen LogP contribution < -0.4 is 0 Å². The monoisotopic (exact) mass is 298 g/mol. The number of rotatable bonds is 4. The lowest BCUT2D eigenvalue weighted by Crippen LogP contribution is -2.46. The van der Waals surface area contributed by atoms with Crippen molar-refractivity contribution < 1.29 is 28.9 Å². The number of halogens is 1. The van der Waals surface area contributed by atoms with Crippen LogP contribution in [-0.2, 0) is 9.47 Å². The zero-order valence-corrected chi connectivity index (χ0v) is 12.1. The van der Waals surface area contributed by atoms with Crippen LogP contribution in [0.5, 0.6) is 0 Å². The highest BCUT2D eigenvalue weighted by Gasteiger charge is 2.57. The van der Waals surface area contributed by atoms with Crippen molar-refractivity contribution in [1.29, 1.82) is 0 Å². The zero-order chi connectivity index (χ0) is 15.8. The molecule has 2 N–H and O–H groups in total. The number of ketones is 1. The fourth-order valence-corrected chi connectivity index (χ4v) is 2.50. The Balaban J connectivity index is 2.23. The Morgan fingerprint density at radius 1 is 1.48 bits per heavy atom. The molecule has 1 aromatic rings. The summed E-state index contributed by atoms with van der Waals surface area (Å²) in [6.07, 6.45) is -6.37. The lowest BCUT2D eigenvalue weighted by atomic mass is 9.92. The van der Waals surface area contributed by atoms with Gasteiger partial charge in [-0.1, -0.05) is 24.3 Å². The zero-order valence-electron chi connectivity index (χ0n) is 12.1. The van der Waals surface area contributed by atoms with E-state index in [1.54, 1.807) is 31.2 Å². The lowest BCUT2D eigenvalue weighted by molar-refractivity contribution is -0.188. The highest BCUT2D eigenvalue weighted by molar-refractivity contribution is 6.01. The van der Waals surface area contributed by atoms with Crippen molar-refractivity contribution in [3.8, 4) is 0 Å². The van der Waals surface area contributed by atoms with Crippen molar-refractivity contribution in [2.24, 2.45) is 0 Å². The summed E-state index contributed by atoms with van der Waals surface area (Å²) in [5.74, 6) is -0.645. The molecular weight excluding hydrogens is 279 g/mol. The van der Waals surface area contributed by atoms with Gasteiger partial charge in [-0.25, -0.2) is 4.39 Å². The van der Waals surface area contributed by atoms with Gasteiger partial charge in [-0.3, -0.25) is 4.79 Å². The normalized spacial score (nSPS) is 33.9. The molecule has 6 heteroatoms. The molecule has 2 rings (SSSR count). The average Bonchev–Trinajstić information content (AvgIpc) is 2.69. The quantitative estimate of drug-likeness (QED) is 0.811. The van der Waals surface area contributed by atoms with Gasteiger partial charge in [-0.05, 0) is 19.4 Å². The Kier molecular flexibility index (Phi) is 4.43. The minimum absolute atomic E-state index is 0.293. The fourth-order valence-electron chi connectivity index (χ4n) is 2.50. The van der Waals surface area contributed by atoms with Gasteiger partial charge >= 0.3 is 0 Å². The lowest BCUT2D eigenvalue weighted by Gasteiger charge is -2.24. The first-order valence-corrected chi connectivity index (χ1v) is 6.63. The van der Waals surface area contributed by atoms with E-state index in [2.05, 4.69) is 0 Å². The first-order chi connectivity index (χ1) is 9.80. The average molecular weight is 298 g/mol. The van der Waals surface area contributed by atoms with Crippen LogP contribution >= 0.6 is 0 Å². The molecule has 1 fully saturated rings. The molecule has 1 unspecified atom stereocenters. The second-order valence-electron chi connectivity index (χ2n) is 5.42. The highest BCUT2D eigenvalue weighted by atomic mass is 19.1. The Labute approximate surface area is 122 Å². The predicted molar refractivity (Wildman–Crippen MR) is 72.7 cm³/mol. The number of carbonyl (C=O) groups is 1. The van der Waals surface area contributed by atoms with Gasteiger partial charge in [0.05, 0.1) is 0 Å². The number of aliphatic hydroxyl groups is 2. The number of ether oxygens (including phenoxy) is 2. The molecule has 0 bridgehead atoms. The summed E-state index contributed by atoms with van der Waals surface area (Å²) in [6, 6.07) is 6.68. The minimum Gasteiger partial charge on any atom is -0.382 e. The van der Waals surface area contributed by atoms with E-state index in [4.69, 9.17) is 9.47 Å².